The molecule has 0 spiro atoms. The van der Waals surface area contributed by atoms with Gasteiger partial charge in [0.15, 0.2) is 0 Å². The molecule has 0 aliphatic rings. The van der Waals surface area contributed by atoms with Gasteiger partial charge < -0.3 is 10.3 Å². The van der Waals surface area contributed by atoms with Crippen LogP contribution in [0.5, 0.6) is 0 Å². The van der Waals surface area contributed by atoms with Crippen molar-refractivity contribution >= 4 is 16.8 Å². The van der Waals surface area contributed by atoms with Gasteiger partial charge in [0.25, 0.3) is 5.91 Å². The van der Waals surface area contributed by atoms with Crippen molar-refractivity contribution in [2.75, 3.05) is 7.05 Å². The molecule has 0 saturated heterocycles. The first-order valence-corrected chi connectivity index (χ1v) is 8.46. The molecule has 134 valence electrons. The highest BCUT2D eigenvalue weighted by Gasteiger charge is 2.19. The molecular formula is C22H16F2N2O. The molecule has 0 fully saturated rings. The summed E-state index contributed by atoms with van der Waals surface area (Å²) in [5.41, 5.74) is 4.42. The van der Waals surface area contributed by atoms with Gasteiger partial charge in [0.05, 0.1) is 0 Å². The monoisotopic (exact) mass is 362 g/mol. The fourth-order valence-electron chi connectivity index (χ4n) is 3.23. The molecule has 0 radical (unpaired) electrons. The van der Waals surface area contributed by atoms with Gasteiger partial charge in [-0.15, -0.1) is 0 Å². The van der Waals surface area contributed by atoms with E-state index >= 15 is 0 Å². The Balaban J connectivity index is 1.91. The third-order valence-corrected chi connectivity index (χ3v) is 4.56. The molecule has 0 unspecified atom stereocenters. The number of halogens is 2. The standard InChI is InChI=1S/C22H16F2N2O/c1-25-22(27)21-20(14-4-9-17(24)10-5-14)18-11-6-15(12-19(18)26-21)13-2-7-16(23)8-3-13/h2-12,26H,1H3,(H,25,27). The summed E-state index contributed by atoms with van der Waals surface area (Å²) in [7, 11) is 1.56. The zero-order valence-corrected chi connectivity index (χ0v) is 14.5. The van der Waals surface area contributed by atoms with E-state index in [-0.39, 0.29) is 17.5 Å². The number of nitrogens with one attached hydrogen (secondary N) is 2. The maximum atomic E-state index is 13.3. The van der Waals surface area contributed by atoms with Crippen LogP contribution in [0.25, 0.3) is 33.2 Å². The van der Waals surface area contributed by atoms with Crippen molar-refractivity contribution in [1.82, 2.24) is 10.3 Å². The Morgan fingerprint density at radius 1 is 0.815 bits per heavy atom. The Bertz CT molecular complexity index is 1130. The first kappa shape index (κ1) is 17.0. The second-order valence-corrected chi connectivity index (χ2v) is 6.23. The van der Waals surface area contributed by atoms with Crippen LogP contribution < -0.4 is 5.32 Å². The van der Waals surface area contributed by atoms with Crippen LogP contribution in [-0.2, 0) is 0 Å². The number of benzene rings is 3. The van der Waals surface area contributed by atoms with Gasteiger partial charge in [-0.3, -0.25) is 4.79 Å². The van der Waals surface area contributed by atoms with Gasteiger partial charge in [-0.2, -0.15) is 0 Å². The number of amides is 1. The lowest BCUT2D eigenvalue weighted by Crippen LogP contribution is -2.18. The predicted octanol–water partition coefficient (Wildman–Crippen LogP) is 5.14. The molecule has 0 saturated carbocycles. The molecule has 4 aromatic rings. The number of aromatic amines is 1. The van der Waals surface area contributed by atoms with E-state index in [9.17, 15) is 13.6 Å². The Morgan fingerprint density at radius 3 is 1.96 bits per heavy atom. The van der Waals surface area contributed by atoms with Gasteiger partial charge in [-0.25, -0.2) is 8.78 Å². The molecule has 3 aromatic carbocycles. The Morgan fingerprint density at radius 2 is 1.37 bits per heavy atom. The fourth-order valence-corrected chi connectivity index (χ4v) is 3.23. The largest absolute Gasteiger partial charge is 0.354 e. The summed E-state index contributed by atoms with van der Waals surface area (Å²) >= 11 is 0. The number of aromatic nitrogens is 1. The maximum Gasteiger partial charge on any atom is 0.268 e. The molecule has 4 rings (SSSR count). The van der Waals surface area contributed by atoms with Crippen LogP contribution in [0.15, 0.2) is 66.7 Å². The van der Waals surface area contributed by atoms with Crippen molar-refractivity contribution in [3.63, 3.8) is 0 Å². The topological polar surface area (TPSA) is 44.9 Å². The minimum Gasteiger partial charge on any atom is -0.354 e. The lowest BCUT2D eigenvalue weighted by Gasteiger charge is -2.05. The zero-order valence-electron chi connectivity index (χ0n) is 14.5. The van der Waals surface area contributed by atoms with Gasteiger partial charge in [0.1, 0.15) is 17.3 Å². The maximum absolute atomic E-state index is 13.3. The molecule has 3 nitrogen and oxygen atoms in total. The van der Waals surface area contributed by atoms with Crippen LogP contribution in [0, 0.1) is 11.6 Å². The number of hydrogen-bond donors (Lipinski definition) is 2. The van der Waals surface area contributed by atoms with Gasteiger partial charge >= 0.3 is 0 Å². The number of fused-ring (bicyclic) bond motifs is 1. The van der Waals surface area contributed by atoms with Crippen molar-refractivity contribution in [2.45, 2.75) is 0 Å². The van der Waals surface area contributed by atoms with Crippen LogP contribution in [-0.4, -0.2) is 17.9 Å². The SMILES string of the molecule is CNC(=O)c1[nH]c2cc(-c3ccc(F)cc3)ccc2c1-c1ccc(F)cc1. The summed E-state index contributed by atoms with van der Waals surface area (Å²) in [6, 6.07) is 18.0. The third kappa shape index (κ3) is 3.08. The molecular weight excluding hydrogens is 346 g/mol. The molecule has 0 atom stereocenters. The highest BCUT2D eigenvalue weighted by atomic mass is 19.1. The molecule has 2 N–H and O–H groups in total. The minimum atomic E-state index is -0.335. The molecule has 0 bridgehead atoms. The van der Waals surface area contributed by atoms with Crippen molar-refractivity contribution in [1.29, 1.82) is 0 Å². The molecule has 1 heterocycles. The van der Waals surface area contributed by atoms with E-state index in [1.54, 1.807) is 31.3 Å². The third-order valence-electron chi connectivity index (χ3n) is 4.56. The predicted molar refractivity (Wildman–Crippen MR) is 102 cm³/mol. The number of H-pyrrole nitrogens is 1. The average Bonchev–Trinajstić information content (AvgIpc) is 3.07. The number of hydrogen-bond acceptors (Lipinski definition) is 1. The average molecular weight is 362 g/mol. The van der Waals surface area contributed by atoms with Gasteiger partial charge in [0.2, 0.25) is 0 Å². The highest BCUT2D eigenvalue weighted by molar-refractivity contribution is 6.10. The normalized spacial score (nSPS) is 10.9. The quantitative estimate of drug-likeness (QED) is 0.521. The lowest BCUT2D eigenvalue weighted by molar-refractivity contribution is 0.0959. The second-order valence-electron chi connectivity index (χ2n) is 6.23. The van der Waals surface area contributed by atoms with Crippen molar-refractivity contribution in [2.24, 2.45) is 0 Å². The van der Waals surface area contributed by atoms with Crippen LogP contribution in [0.3, 0.4) is 0 Å². The Labute approximate surface area is 154 Å². The number of rotatable bonds is 3. The van der Waals surface area contributed by atoms with Crippen LogP contribution >= 0.6 is 0 Å². The minimum absolute atomic E-state index is 0.256. The Kier molecular flexibility index (Phi) is 4.20. The van der Waals surface area contributed by atoms with Crippen LogP contribution in [0.1, 0.15) is 10.5 Å². The first-order chi connectivity index (χ1) is 13.1. The molecule has 0 aliphatic carbocycles. The van der Waals surface area contributed by atoms with E-state index < -0.39 is 0 Å². The van der Waals surface area contributed by atoms with Gasteiger partial charge in [-0.1, -0.05) is 36.4 Å². The van der Waals surface area contributed by atoms with E-state index in [2.05, 4.69) is 10.3 Å². The molecule has 0 aliphatic heterocycles. The summed E-state index contributed by atoms with van der Waals surface area (Å²) < 4.78 is 26.5. The fraction of sp³-hybridized carbons (Fsp3) is 0.0455. The van der Waals surface area contributed by atoms with Crippen molar-refractivity contribution in [3.05, 3.63) is 84.1 Å². The number of carbonyl (C=O) groups is 1. The van der Waals surface area contributed by atoms with E-state index in [1.807, 2.05) is 18.2 Å². The lowest BCUT2D eigenvalue weighted by atomic mass is 9.99. The van der Waals surface area contributed by atoms with Gasteiger partial charge in [0, 0.05) is 23.5 Å². The van der Waals surface area contributed by atoms with Crippen molar-refractivity contribution in [3.8, 4) is 22.3 Å². The van der Waals surface area contributed by atoms with E-state index in [1.165, 1.54) is 24.3 Å². The van der Waals surface area contributed by atoms with Crippen LogP contribution in [0.4, 0.5) is 8.78 Å². The summed E-state index contributed by atoms with van der Waals surface area (Å²) in [6.07, 6.45) is 0. The van der Waals surface area contributed by atoms with E-state index in [0.29, 0.717) is 5.69 Å². The summed E-state index contributed by atoms with van der Waals surface area (Å²) in [5, 5.41) is 3.48. The highest BCUT2D eigenvalue weighted by Crippen LogP contribution is 2.35. The summed E-state index contributed by atoms with van der Waals surface area (Å²) in [6.45, 7) is 0. The van der Waals surface area contributed by atoms with E-state index in [0.717, 1.165) is 33.2 Å². The smallest absolute Gasteiger partial charge is 0.268 e. The molecule has 5 heteroatoms. The summed E-state index contributed by atoms with van der Waals surface area (Å²) in [4.78, 5) is 15.5. The summed E-state index contributed by atoms with van der Waals surface area (Å²) in [5.74, 6) is -0.882. The number of carbonyl (C=O) groups excluding carboxylic acids is 1. The zero-order chi connectivity index (χ0) is 19.0. The molecule has 27 heavy (non-hydrogen) atoms. The molecule has 1 amide bonds. The molecule has 1 aromatic heterocycles. The second kappa shape index (κ2) is 6.68. The Hall–Kier alpha value is -3.47. The first-order valence-electron chi connectivity index (χ1n) is 8.46. The van der Waals surface area contributed by atoms with Gasteiger partial charge in [-0.05, 0) is 47.0 Å². The van der Waals surface area contributed by atoms with Crippen molar-refractivity contribution < 1.29 is 13.6 Å². The van der Waals surface area contributed by atoms with E-state index in [4.69, 9.17) is 0 Å². The van der Waals surface area contributed by atoms with Crippen LogP contribution in [0.2, 0.25) is 0 Å².